The number of halogens is 2. The topological polar surface area (TPSA) is 113 Å². The van der Waals surface area contributed by atoms with Crippen molar-refractivity contribution in [3.8, 4) is 57.0 Å². The zero-order valence-corrected chi connectivity index (χ0v) is 87.4. The maximum absolute atomic E-state index is 14.9. The number of H-pyrrole nitrogens is 2. The molecule has 0 spiro atoms. The lowest BCUT2D eigenvalue weighted by molar-refractivity contribution is 0.104. The number of ether oxygens (including phenoxy) is 6. The fraction of sp³-hybridized carbons (Fsp3) is 0.807. The van der Waals surface area contributed by atoms with Crippen LogP contribution in [0.2, 0.25) is 0 Å². The quantitative estimate of drug-likeness (QED) is 0.0148. The monoisotopic (exact) mass is 1840 g/mol. The Morgan fingerprint density at radius 1 is 0.235 bits per heavy atom. The van der Waals surface area contributed by atoms with Crippen molar-refractivity contribution in [1.29, 1.82) is 0 Å². The van der Waals surface area contributed by atoms with E-state index >= 15 is 0 Å². The number of allylic oxidation sites excluding steroid dienone is 1. The van der Waals surface area contributed by atoms with E-state index in [0.29, 0.717) is 85.5 Å². The third kappa shape index (κ3) is 65.7. The zero-order chi connectivity index (χ0) is 94.0. The lowest BCUT2D eigenvalue weighted by atomic mass is 10.0. The molecule has 0 amide bonds. The van der Waals surface area contributed by atoms with Crippen LogP contribution in [0.5, 0.6) is 34.5 Å². The van der Waals surface area contributed by atoms with E-state index in [4.69, 9.17) is 33.1 Å². The predicted molar refractivity (Wildman–Crippen MR) is 569 cm³/mol. The van der Waals surface area contributed by atoms with E-state index in [-0.39, 0.29) is 17.1 Å². The molecule has 13 heteroatoms. The van der Waals surface area contributed by atoms with Crippen molar-refractivity contribution < 1.29 is 46.5 Å². The number of hydrogen-bond donors (Lipinski definition) is 2. The number of nitrogens with one attached hydrogen (secondary N) is 2. The molecule has 0 atom stereocenters. The molecule has 0 aliphatic rings. The van der Waals surface area contributed by atoms with Gasteiger partial charge in [-0.05, 0) is 87.1 Å². The van der Waals surface area contributed by atoms with Crippen LogP contribution in [0.4, 0.5) is 8.63 Å². The van der Waals surface area contributed by atoms with Gasteiger partial charge in [0, 0.05) is 28.6 Å². The molecule has 2 aromatic heterocycles. The van der Waals surface area contributed by atoms with Gasteiger partial charge in [-0.3, -0.25) is 4.79 Å². The Kier molecular flexibility index (Phi) is 81.1. The summed E-state index contributed by atoms with van der Waals surface area (Å²) in [6.07, 6.45) is 109. The van der Waals surface area contributed by atoms with E-state index in [1.54, 1.807) is 12.1 Å². The number of aromatic nitrogens is 2. The molecule has 760 valence electrons. The van der Waals surface area contributed by atoms with Crippen molar-refractivity contribution in [2.75, 3.05) is 39.6 Å². The molecule has 0 radical (unpaired) electrons. The van der Waals surface area contributed by atoms with E-state index < -0.39 is 13.3 Å². The molecule has 0 aliphatic carbocycles. The van der Waals surface area contributed by atoms with E-state index in [1.807, 2.05) is 36.4 Å². The average Bonchev–Trinajstić information content (AvgIpc) is 1.61. The van der Waals surface area contributed by atoms with Crippen LogP contribution >= 0.6 is 0 Å². The number of carbonyl (C=O) groups is 1. The number of rotatable bonds is 103. The Morgan fingerprint density at radius 3 is 0.591 bits per heavy atom. The summed E-state index contributed by atoms with van der Waals surface area (Å²) in [5.74, 6) is 2.99. The summed E-state index contributed by atoms with van der Waals surface area (Å²) < 4.78 is 76.2. The number of unbranched alkanes of at least 4 members (excludes halogenated alkanes) is 78. The first-order valence-corrected chi connectivity index (χ1v) is 58.0. The van der Waals surface area contributed by atoms with Crippen molar-refractivity contribution in [1.82, 2.24) is 9.97 Å². The van der Waals surface area contributed by atoms with Crippen molar-refractivity contribution >= 4 is 19.0 Å². The van der Waals surface area contributed by atoms with Crippen LogP contribution in [-0.4, -0.2) is 62.9 Å². The molecule has 4 aromatic rings. The molecule has 10 nitrogen and oxygen atoms in total. The number of hydrogen-bond acceptors (Lipinski definition) is 8. The van der Waals surface area contributed by atoms with Gasteiger partial charge in [0.15, 0.2) is 23.0 Å². The maximum Gasteiger partial charge on any atom is 0.796 e. The Morgan fingerprint density at radius 2 is 0.402 bits per heavy atom. The standard InChI is InChI=1S/C119H209BF2N2O8/c1-7-13-19-25-31-37-43-49-55-61-67-73-79-85-95-126-114-101-106(102-115(127-96-86-80-74-68-62-56-50-44-38-32-26-20-14-8-2)118(114)130-99-89-83-77-71-65-59-53-47-41-35-29-23-17-11-5)108-91-93-110(123-108)112(125)105-113(132-120(121)122)111-94-92-109(124-111)107-103-116(128-97-87-81-75-69-63-57-51-45-39-33-27-21-15-9-3)119(131-100-90-84-78-72-66-60-54-48-42-36-30-24-18-12-6)117(104-107)129-98-88-82-76-70-64-58-52-46-40-34-28-22-16-10-4/h91-94,101-105,123-124H,7-90,95-100H2,1-6H3/b113-105-. The molecule has 2 heterocycles. The van der Waals surface area contributed by atoms with Crippen LogP contribution in [0.25, 0.3) is 28.3 Å². The van der Waals surface area contributed by atoms with E-state index in [0.717, 1.165) is 88.2 Å². The van der Waals surface area contributed by atoms with Crippen molar-refractivity contribution in [3.05, 3.63) is 66.0 Å². The predicted octanol–water partition coefficient (Wildman–Crippen LogP) is 41.0. The Hall–Kier alpha value is -5.07. The highest BCUT2D eigenvalue weighted by atomic mass is 19.2. The molecule has 0 unspecified atom stereocenters. The smallest absolute Gasteiger partial charge is 0.503 e. The van der Waals surface area contributed by atoms with Gasteiger partial charge < -0.3 is 43.0 Å². The molecule has 4 rings (SSSR count). The average molecular weight is 1840 g/mol. The molecule has 2 aromatic carbocycles. The lowest BCUT2D eigenvalue weighted by Gasteiger charge is -2.19. The summed E-state index contributed by atoms with van der Waals surface area (Å²) in [7, 11) is -3.20. The van der Waals surface area contributed by atoms with Crippen LogP contribution in [0.3, 0.4) is 0 Å². The van der Waals surface area contributed by atoms with Gasteiger partial charge in [-0.1, -0.05) is 542 Å². The number of ketones is 1. The molecule has 0 bridgehead atoms. The number of aromatic amines is 2. The fourth-order valence-electron chi connectivity index (χ4n) is 18.9. The van der Waals surface area contributed by atoms with Crippen LogP contribution in [0.1, 0.15) is 597 Å². The minimum absolute atomic E-state index is 0.228. The summed E-state index contributed by atoms with van der Waals surface area (Å²) in [6.45, 7) is 17.0. The normalized spacial score (nSPS) is 11.7. The van der Waals surface area contributed by atoms with Gasteiger partial charge in [0.25, 0.3) is 0 Å². The van der Waals surface area contributed by atoms with Gasteiger partial charge in [-0.15, -0.1) is 0 Å². The second kappa shape index (κ2) is 89.8. The maximum atomic E-state index is 14.9. The molecule has 132 heavy (non-hydrogen) atoms. The van der Waals surface area contributed by atoms with Gasteiger partial charge in [0.05, 0.1) is 51.0 Å². The number of carbonyl (C=O) groups excluding carboxylic acids is 1. The summed E-state index contributed by atoms with van der Waals surface area (Å²) >= 11 is 0. The van der Waals surface area contributed by atoms with Crippen molar-refractivity contribution in [2.24, 2.45) is 0 Å². The van der Waals surface area contributed by atoms with Gasteiger partial charge >= 0.3 is 7.47 Å². The fourth-order valence-corrected chi connectivity index (χ4v) is 18.9. The van der Waals surface area contributed by atoms with Crippen LogP contribution in [0.15, 0.2) is 54.6 Å². The molecule has 0 saturated heterocycles. The minimum Gasteiger partial charge on any atom is -0.503 e. The number of benzene rings is 2. The molecule has 0 saturated carbocycles. The molecule has 0 fully saturated rings. The van der Waals surface area contributed by atoms with E-state index in [1.165, 1.54) is 468 Å². The van der Waals surface area contributed by atoms with Gasteiger partial charge in [0.2, 0.25) is 17.3 Å². The van der Waals surface area contributed by atoms with E-state index in [9.17, 15) is 13.4 Å². The highest BCUT2D eigenvalue weighted by Crippen LogP contribution is 2.45. The zero-order valence-electron chi connectivity index (χ0n) is 87.4. The summed E-state index contributed by atoms with van der Waals surface area (Å²) in [6, 6.07) is 15.3. The first-order valence-electron chi connectivity index (χ1n) is 58.0. The third-order valence-corrected chi connectivity index (χ3v) is 27.6. The van der Waals surface area contributed by atoms with E-state index in [2.05, 4.69) is 51.5 Å². The molecule has 2 N–H and O–H groups in total. The van der Waals surface area contributed by atoms with Crippen LogP contribution < -0.4 is 28.4 Å². The van der Waals surface area contributed by atoms with Gasteiger partial charge in [0.1, 0.15) is 5.76 Å². The Labute approximate surface area is 814 Å². The lowest BCUT2D eigenvalue weighted by Crippen LogP contribution is -2.07. The van der Waals surface area contributed by atoms with Crippen LogP contribution in [0, 0.1) is 0 Å². The van der Waals surface area contributed by atoms with Gasteiger partial charge in [-0.25, -0.2) is 8.63 Å². The third-order valence-electron chi connectivity index (χ3n) is 27.6. The van der Waals surface area contributed by atoms with Crippen molar-refractivity contribution in [3.63, 3.8) is 0 Å². The second-order valence-corrected chi connectivity index (χ2v) is 40.1. The Balaban J connectivity index is 1.63. The van der Waals surface area contributed by atoms with Crippen molar-refractivity contribution in [2.45, 2.75) is 581 Å². The summed E-state index contributed by atoms with van der Waals surface area (Å²) in [5.41, 5.74) is 3.31. The summed E-state index contributed by atoms with van der Waals surface area (Å²) in [5, 5.41) is 0. The first kappa shape index (κ1) is 119. The first-order chi connectivity index (χ1) is 65.3. The SMILES string of the molecule is CCCCCCCCCCCCCCCCOc1cc(-c2ccc(C(=O)/C=C(\OB(F)F)c3ccc(-c4cc(OCCCCCCCCCCCCCCCC)c(OCCCCCCCCCCCCCCCC)c(OCCCCCCCCCCCCCCCC)c4)[nH]3)[nH]2)cc(OCCCCCCCCCCCCCCCC)c1OCCCCCCCCCCCCCCCC. The highest BCUT2D eigenvalue weighted by molar-refractivity contribution is 6.36. The minimum atomic E-state index is -3.20. The second-order valence-electron chi connectivity index (χ2n) is 40.1. The molecular weight excluding hydrogens is 1630 g/mol. The largest absolute Gasteiger partial charge is 0.796 e. The van der Waals surface area contributed by atoms with Gasteiger partial charge in [-0.2, -0.15) is 0 Å². The van der Waals surface area contributed by atoms with Crippen LogP contribution in [-0.2, 0) is 4.65 Å². The molecule has 0 aliphatic heterocycles. The summed E-state index contributed by atoms with van der Waals surface area (Å²) in [4.78, 5) is 21.6. The molecular formula is C119H209BF2N2O8. The highest BCUT2D eigenvalue weighted by Gasteiger charge is 2.26. The Bertz CT molecular complexity index is 3090.